The molecule has 1 heterocycles. The quantitative estimate of drug-likeness (QED) is 0.732. The van der Waals surface area contributed by atoms with E-state index in [1.54, 1.807) is 32.1 Å². The smallest absolute Gasteiger partial charge is 0.407 e. The zero-order valence-corrected chi connectivity index (χ0v) is 15.2. The lowest BCUT2D eigenvalue weighted by molar-refractivity contribution is -0.148. The molecule has 0 spiro atoms. The topological polar surface area (TPSA) is 93.7 Å². The lowest BCUT2D eigenvalue weighted by Gasteiger charge is -2.19. The molecular weight excluding hydrogens is 332 g/mol. The lowest BCUT2D eigenvalue weighted by atomic mass is 10.2. The first kappa shape index (κ1) is 20.0. The Hall–Kier alpha value is -2.09. The molecule has 0 fully saturated rings. The molecule has 1 atom stereocenters. The number of esters is 1. The van der Waals surface area contributed by atoms with Gasteiger partial charge in [0.15, 0.2) is 6.61 Å². The van der Waals surface area contributed by atoms with E-state index in [4.69, 9.17) is 9.47 Å². The van der Waals surface area contributed by atoms with Crippen molar-refractivity contribution in [1.29, 1.82) is 0 Å². The number of carbonyl (C=O) groups is 3. The van der Waals surface area contributed by atoms with Crippen LogP contribution >= 0.6 is 11.3 Å². The van der Waals surface area contributed by atoms with Crippen LogP contribution in [-0.4, -0.2) is 36.7 Å². The first-order chi connectivity index (χ1) is 11.2. The predicted octanol–water partition coefficient (Wildman–Crippen LogP) is 2.38. The minimum atomic E-state index is -0.599. The Morgan fingerprint density at radius 2 is 2.00 bits per heavy atom. The van der Waals surface area contributed by atoms with Crippen LogP contribution in [0.2, 0.25) is 0 Å². The molecule has 0 radical (unpaired) electrons. The molecule has 0 saturated heterocycles. The van der Waals surface area contributed by atoms with Crippen molar-refractivity contribution in [3.63, 3.8) is 0 Å². The average Bonchev–Trinajstić information content (AvgIpc) is 2.97. The van der Waals surface area contributed by atoms with E-state index < -0.39 is 17.7 Å². The average molecular weight is 356 g/mol. The van der Waals surface area contributed by atoms with Crippen LogP contribution in [0.4, 0.5) is 4.79 Å². The van der Waals surface area contributed by atoms with E-state index in [2.05, 4.69) is 10.6 Å². The van der Waals surface area contributed by atoms with Crippen LogP contribution in [0.3, 0.4) is 0 Å². The largest absolute Gasteiger partial charge is 0.456 e. The second-order valence-corrected chi connectivity index (χ2v) is 7.12. The van der Waals surface area contributed by atoms with Crippen LogP contribution in [0.5, 0.6) is 0 Å². The number of amides is 2. The van der Waals surface area contributed by atoms with Crippen LogP contribution in [0.1, 0.15) is 45.0 Å². The summed E-state index contributed by atoms with van der Waals surface area (Å²) < 4.78 is 9.90. The van der Waals surface area contributed by atoms with Gasteiger partial charge in [-0.15, -0.1) is 11.3 Å². The van der Waals surface area contributed by atoms with E-state index in [0.717, 1.165) is 4.88 Å². The Balaban J connectivity index is 2.17. The number of alkyl carbamates (subject to hydrolysis) is 1. The van der Waals surface area contributed by atoms with Gasteiger partial charge in [0, 0.05) is 11.4 Å². The Morgan fingerprint density at radius 1 is 1.29 bits per heavy atom. The van der Waals surface area contributed by atoms with Crippen molar-refractivity contribution in [1.82, 2.24) is 10.6 Å². The maximum atomic E-state index is 11.7. The number of carbonyl (C=O) groups excluding carboxylic acids is 3. The second-order valence-electron chi connectivity index (χ2n) is 6.14. The molecule has 0 bridgehead atoms. The van der Waals surface area contributed by atoms with Crippen molar-refractivity contribution >= 4 is 29.3 Å². The molecule has 0 aromatic carbocycles. The molecule has 24 heavy (non-hydrogen) atoms. The summed E-state index contributed by atoms with van der Waals surface area (Å²) >= 11 is 1.54. The number of rotatable bonds is 7. The summed E-state index contributed by atoms with van der Waals surface area (Å²) in [6, 6.07) is 3.69. The third-order valence-corrected chi connectivity index (χ3v) is 3.76. The summed E-state index contributed by atoms with van der Waals surface area (Å²) in [4.78, 5) is 35.7. The SMILES string of the molecule is C[C@@H](NC(=O)COC(=O)CCNC(=O)OC(C)(C)C)c1cccs1. The fourth-order valence-electron chi connectivity index (χ4n) is 1.69. The highest BCUT2D eigenvalue weighted by atomic mass is 32.1. The highest BCUT2D eigenvalue weighted by Crippen LogP contribution is 2.17. The van der Waals surface area contributed by atoms with Crippen molar-refractivity contribution in [2.24, 2.45) is 0 Å². The maximum Gasteiger partial charge on any atom is 0.407 e. The molecule has 1 aromatic heterocycles. The van der Waals surface area contributed by atoms with E-state index in [1.807, 2.05) is 24.4 Å². The normalized spacial score (nSPS) is 12.2. The highest BCUT2D eigenvalue weighted by molar-refractivity contribution is 7.10. The van der Waals surface area contributed by atoms with E-state index in [9.17, 15) is 14.4 Å². The van der Waals surface area contributed by atoms with Gasteiger partial charge in [0.05, 0.1) is 12.5 Å². The molecule has 2 N–H and O–H groups in total. The summed E-state index contributed by atoms with van der Waals surface area (Å²) in [7, 11) is 0. The molecular formula is C16H24N2O5S. The molecule has 1 aromatic rings. The minimum absolute atomic E-state index is 0.0347. The third kappa shape index (κ3) is 8.52. The number of ether oxygens (including phenoxy) is 2. The van der Waals surface area contributed by atoms with Gasteiger partial charge in [-0.1, -0.05) is 6.07 Å². The van der Waals surface area contributed by atoms with Crippen LogP contribution in [-0.2, 0) is 19.1 Å². The van der Waals surface area contributed by atoms with E-state index in [1.165, 1.54) is 0 Å². The third-order valence-electron chi connectivity index (χ3n) is 2.71. The van der Waals surface area contributed by atoms with Gasteiger partial charge in [-0.3, -0.25) is 9.59 Å². The fraction of sp³-hybridized carbons (Fsp3) is 0.562. The first-order valence-corrected chi connectivity index (χ1v) is 8.50. The Bertz CT molecular complexity index is 551. The summed E-state index contributed by atoms with van der Waals surface area (Å²) in [6.07, 6.45) is -0.634. The van der Waals surface area contributed by atoms with E-state index in [0.29, 0.717) is 0 Å². The maximum absolute atomic E-state index is 11.7. The van der Waals surface area contributed by atoms with Crippen molar-refractivity contribution < 1.29 is 23.9 Å². The zero-order valence-electron chi connectivity index (χ0n) is 14.4. The molecule has 0 unspecified atom stereocenters. The Labute approximate surface area is 145 Å². The summed E-state index contributed by atoms with van der Waals surface area (Å²) in [6.45, 7) is 6.84. The molecule has 8 heteroatoms. The number of hydrogen-bond acceptors (Lipinski definition) is 6. The number of nitrogens with one attached hydrogen (secondary N) is 2. The van der Waals surface area contributed by atoms with Crippen molar-refractivity contribution in [2.75, 3.05) is 13.2 Å². The molecule has 0 saturated carbocycles. The van der Waals surface area contributed by atoms with Gasteiger partial charge < -0.3 is 20.1 Å². The van der Waals surface area contributed by atoms with Gasteiger partial charge >= 0.3 is 12.1 Å². The Morgan fingerprint density at radius 3 is 2.58 bits per heavy atom. The molecule has 1 rings (SSSR count). The van der Waals surface area contributed by atoms with Crippen LogP contribution in [0, 0.1) is 0 Å². The van der Waals surface area contributed by atoms with Gasteiger partial charge in [-0.05, 0) is 39.1 Å². The molecule has 0 aliphatic rings. The van der Waals surface area contributed by atoms with Crippen LogP contribution in [0.25, 0.3) is 0 Å². The van der Waals surface area contributed by atoms with Crippen LogP contribution < -0.4 is 10.6 Å². The standard InChI is InChI=1S/C16H24N2O5S/c1-11(12-6-5-9-24-12)18-13(19)10-22-14(20)7-8-17-15(21)23-16(2,3)4/h5-6,9,11H,7-8,10H2,1-4H3,(H,17,21)(H,18,19)/t11-/m1/s1. The number of hydrogen-bond donors (Lipinski definition) is 2. The zero-order chi connectivity index (χ0) is 18.2. The van der Waals surface area contributed by atoms with Gasteiger partial charge in [-0.2, -0.15) is 0 Å². The van der Waals surface area contributed by atoms with E-state index >= 15 is 0 Å². The lowest BCUT2D eigenvalue weighted by Crippen LogP contribution is -2.34. The Kier molecular flexibility index (Phi) is 7.70. The van der Waals surface area contributed by atoms with E-state index in [-0.39, 0.29) is 31.5 Å². The fourth-order valence-corrected chi connectivity index (χ4v) is 2.43. The molecule has 0 aliphatic heterocycles. The predicted molar refractivity (Wildman–Crippen MR) is 90.7 cm³/mol. The molecule has 0 aliphatic carbocycles. The van der Waals surface area contributed by atoms with Gasteiger partial charge in [0.25, 0.3) is 5.91 Å². The van der Waals surface area contributed by atoms with Crippen molar-refractivity contribution in [3.8, 4) is 0 Å². The van der Waals surface area contributed by atoms with Gasteiger partial charge in [0.1, 0.15) is 5.60 Å². The molecule has 134 valence electrons. The summed E-state index contributed by atoms with van der Waals surface area (Å²) in [5, 5.41) is 7.12. The second kappa shape index (κ2) is 9.27. The summed E-state index contributed by atoms with van der Waals surface area (Å²) in [5.41, 5.74) is -0.595. The molecule has 7 nitrogen and oxygen atoms in total. The first-order valence-electron chi connectivity index (χ1n) is 7.62. The van der Waals surface area contributed by atoms with Crippen molar-refractivity contribution in [3.05, 3.63) is 22.4 Å². The monoisotopic (exact) mass is 356 g/mol. The molecule has 2 amide bonds. The van der Waals surface area contributed by atoms with Crippen LogP contribution in [0.15, 0.2) is 17.5 Å². The summed E-state index contributed by atoms with van der Waals surface area (Å²) in [5.74, 6) is -0.936. The minimum Gasteiger partial charge on any atom is -0.456 e. The van der Waals surface area contributed by atoms with Gasteiger partial charge in [0.2, 0.25) is 0 Å². The van der Waals surface area contributed by atoms with Gasteiger partial charge in [-0.25, -0.2) is 4.79 Å². The highest BCUT2D eigenvalue weighted by Gasteiger charge is 2.16. The number of thiophene rings is 1. The van der Waals surface area contributed by atoms with Crippen molar-refractivity contribution in [2.45, 2.75) is 45.8 Å².